The van der Waals surface area contributed by atoms with Crippen LogP contribution >= 0.6 is 0 Å². The number of nitrogens with zero attached hydrogens (tertiary/aromatic N) is 1. The summed E-state index contributed by atoms with van der Waals surface area (Å²) < 4.78 is 35.5. The molecule has 1 aliphatic carbocycles. The minimum Gasteiger partial charge on any atom is -0.346 e. The van der Waals surface area contributed by atoms with Gasteiger partial charge in [-0.25, -0.2) is 0 Å². The first-order valence-electron chi connectivity index (χ1n) is 5.54. The maximum Gasteiger partial charge on any atom is 0.405 e. The maximum absolute atomic E-state index is 11.8. The van der Waals surface area contributed by atoms with Crippen LogP contribution in [0.25, 0.3) is 0 Å². The third-order valence-electron chi connectivity index (χ3n) is 2.74. The van der Waals surface area contributed by atoms with Crippen molar-refractivity contribution in [1.29, 1.82) is 0 Å². The summed E-state index contributed by atoms with van der Waals surface area (Å²) in [4.78, 5) is 12.9. The highest BCUT2D eigenvalue weighted by Crippen LogP contribution is 2.25. The monoisotopic (exact) mass is 253 g/mol. The summed E-state index contributed by atoms with van der Waals surface area (Å²) in [6.07, 6.45) is -2.50. The lowest BCUT2D eigenvalue weighted by atomic mass is 9.81. The van der Waals surface area contributed by atoms with E-state index in [4.69, 9.17) is 5.73 Å². The summed E-state index contributed by atoms with van der Waals surface area (Å²) in [5.41, 5.74) is 5.62. The van der Waals surface area contributed by atoms with Gasteiger partial charge < -0.3 is 11.1 Å². The van der Waals surface area contributed by atoms with Crippen molar-refractivity contribution in [3.8, 4) is 0 Å². The smallest absolute Gasteiger partial charge is 0.346 e. The molecule has 4 nitrogen and oxygen atoms in total. The Morgan fingerprint density at radius 1 is 1.47 bits per heavy atom. The van der Waals surface area contributed by atoms with E-state index in [-0.39, 0.29) is 12.6 Å². The van der Waals surface area contributed by atoms with Crippen LogP contribution in [0, 0.1) is 5.92 Å². The third-order valence-corrected chi connectivity index (χ3v) is 2.74. The Hall–Kier alpha value is -0.820. The van der Waals surface area contributed by atoms with Crippen molar-refractivity contribution in [3.63, 3.8) is 0 Å². The van der Waals surface area contributed by atoms with E-state index >= 15 is 0 Å². The predicted octanol–water partition coefficient (Wildman–Crippen LogP) is 0.334. The van der Waals surface area contributed by atoms with E-state index in [2.05, 4.69) is 0 Å². The third kappa shape index (κ3) is 5.88. The Morgan fingerprint density at radius 3 is 2.53 bits per heavy atom. The van der Waals surface area contributed by atoms with Crippen LogP contribution in [0.1, 0.15) is 12.8 Å². The predicted molar refractivity (Wildman–Crippen MR) is 57.3 cm³/mol. The Kier molecular flexibility index (Phi) is 4.76. The van der Waals surface area contributed by atoms with Gasteiger partial charge in [-0.2, -0.15) is 13.2 Å². The van der Waals surface area contributed by atoms with Crippen LogP contribution in [-0.4, -0.2) is 49.7 Å². The van der Waals surface area contributed by atoms with Crippen LogP contribution in [-0.2, 0) is 4.79 Å². The number of carbonyl (C=O) groups is 1. The van der Waals surface area contributed by atoms with Crippen molar-refractivity contribution in [3.05, 3.63) is 0 Å². The fourth-order valence-electron chi connectivity index (χ4n) is 1.94. The Morgan fingerprint density at radius 2 is 2.06 bits per heavy atom. The Bertz CT molecular complexity index is 264. The molecular weight excluding hydrogens is 235 g/mol. The van der Waals surface area contributed by atoms with E-state index in [1.165, 1.54) is 0 Å². The van der Waals surface area contributed by atoms with Crippen molar-refractivity contribution in [2.45, 2.75) is 25.1 Å². The number of rotatable bonds is 5. The fraction of sp³-hybridized carbons (Fsp3) is 0.900. The van der Waals surface area contributed by atoms with Gasteiger partial charge in [0.15, 0.2) is 0 Å². The van der Waals surface area contributed by atoms with Crippen LogP contribution in [0.5, 0.6) is 0 Å². The van der Waals surface area contributed by atoms with E-state index in [9.17, 15) is 18.0 Å². The van der Waals surface area contributed by atoms with Crippen LogP contribution < -0.4 is 11.1 Å². The molecule has 0 unspecified atom stereocenters. The fourth-order valence-corrected chi connectivity index (χ4v) is 1.94. The lowest BCUT2D eigenvalue weighted by Gasteiger charge is -2.35. The van der Waals surface area contributed by atoms with Crippen molar-refractivity contribution < 1.29 is 18.0 Å². The molecule has 1 fully saturated rings. The Labute approximate surface area is 98.3 Å². The molecule has 0 radical (unpaired) electrons. The molecule has 0 bridgehead atoms. The summed E-state index contributed by atoms with van der Waals surface area (Å²) in [6, 6.07) is 0.243. The van der Waals surface area contributed by atoms with Crippen LogP contribution in [0.4, 0.5) is 13.2 Å². The van der Waals surface area contributed by atoms with Crippen molar-refractivity contribution in [2.75, 3.05) is 26.7 Å². The van der Waals surface area contributed by atoms with E-state index in [0.717, 1.165) is 12.8 Å². The number of nitrogens with two attached hydrogens (primary N) is 1. The molecule has 0 spiro atoms. The molecule has 17 heavy (non-hydrogen) atoms. The molecule has 0 aliphatic heterocycles. The van der Waals surface area contributed by atoms with E-state index in [1.54, 1.807) is 11.9 Å². The van der Waals surface area contributed by atoms with Crippen LogP contribution in [0.2, 0.25) is 0 Å². The van der Waals surface area contributed by atoms with Crippen molar-refractivity contribution in [2.24, 2.45) is 11.7 Å². The molecule has 0 atom stereocenters. The van der Waals surface area contributed by atoms with Crippen LogP contribution in [0.15, 0.2) is 0 Å². The van der Waals surface area contributed by atoms with Crippen molar-refractivity contribution >= 4 is 5.91 Å². The van der Waals surface area contributed by atoms with Gasteiger partial charge in [-0.3, -0.25) is 9.69 Å². The number of halogens is 3. The summed E-state index contributed by atoms with van der Waals surface area (Å²) in [5, 5.41) is 1.84. The maximum atomic E-state index is 11.8. The quantitative estimate of drug-likeness (QED) is 0.742. The summed E-state index contributed by atoms with van der Waals surface area (Å²) in [7, 11) is 1.72. The minimum atomic E-state index is -4.35. The Balaban J connectivity index is 2.13. The van der Waals surface area contributed by atoms with E-state index < -0.39 is 18.6 Å². The molecule has 1 rings (SSSR count). The first-order valence-corrected chi connectivity index (χ1v) is 5.54. The molecule has 0 aromatic heterocycles. The normalized spacial score (nSPS) is 24.6. The van der Waals surface area contributed by atoms with Gasteiger partial charge in [0, 0.05) is 12.6 Å². The zero-order valence-corrected chi connectivity index (χ0v) is 9.76. The van der Waals surface area contributed by atoms with E-state index in [1.807, 2.05) is 5.32 Å². The lowest BCUT2D eigenvalue weighted by molar-refractivity contribution is -0.139. The number of amides is 1. The SMILES string of the molecule is CN(CC(=O)NCC(F)(F)F)CC1CC(N)C1. The average molecular weight is 253 g/mol. The molecule has 1 amide bonds. The average Bonchev–Trinajstić information content (AvgIpc) is 2.11. The molecule has 0 heterocycles. The van der Waals surface area contributed by atoms with Gasteiger partial charge in [-0.1, -0.05) is 0 Å². The van der Waals surface area contributed by atoms with Crippen LogP contribution in [0.3, 0.4) is 0 Å². The van der Waals surface area contributed by atoms with Gasteiger partial charge in [-0.15, -0.1) is 0 Å². The van der Waals surface area contributed by atoms with Gasteiger partial charge in [-0.05, 0) is 25.8 Å². The molecule has 0 saturated heterocycles. The zero-order valence-electron chi connectivity index (χ0n) is 9.76. The summed E-state index contributed by atoms with van der Waals surface area (Å²) in [5.74, 6) is -0.140. The molecule has 100 valence electrons. The number of hydrogen-bond donors (Lipinski definition) is 2. The molecule has 7 heteroatoms. The molecule has 1 aliphatic rings. The number of carbonyl (C=O) groups excluding carboxylic acids is 1. The first-order chi connectivity index (χ1) is 7.76. The number of nitrogens with one attached hydrogen (secondary N) is 1. The zero-order chi connectivity index (χ0) is 13.1. The van der Waals surface area contributed by atoms with Gasteiger partial charge in [0.25, 0.3) is 0 Å². The number of alkyl halides is 3. The minimum absolute atomic E-state index is 0.0121. The van der Waals surface area contributed by atoms with Gasteiger partial charge >= 0.3 is 6.18 Å². The standard InChI is InChI=1S/C10H18F3N3O/c1-16(4-7-2-8(14)3-7)5-9(17)15-6-10(11,12)13/h7-8H,2-6,14H2,1H3,(H,15,17). The lowest BCUT2D eigenvalue weighted by Crippen LogP contribution is -2.45. The highest BCUT2D eigenvalue weighted by molar-refractivity contribution is 5.78. The van der Waals surface area contributed by atoms with Gasteiger partial charge in [0.2, 0.25) is 5.91 Å². The molecule has 0 aromatic rings. The number of likely N-dealkylation sites (N-methyl/N-ethyl adjacent to an activating group) is 1. The second-order valence-corrected chi connectivity index (χ2v) is 4.69. The molecule has 3 N–H and O–H groups in total. The summed E-state index contributed by atoms with van der Waals surface area (Å²) in [6.45, 7) is -0.580. The van der Waals surface area contributed by atoms with Gasteiger partial charge in [0.1, 0.15) is 6.54 Å². The van der Waals surface area contributed by atoms with Gasteiger partial charge in [0.05, 0.1) is 6.54 Å². The van der Waals surface area contributed by atoms with E-state index in [0.29, 0.717) is 12.5 Å². The molecular formula is C10H18F3N3O. The molecule has 0 aromatic carbocycles. The summed E-state index contributed by atoms with van der Waals surface area (Å²) >= 11 is 0. The largest absolute Gasteiger partial charge is 0.405 e. The highest BCUT2D eigenvalue weighted by atomic mass is 19.4. The highest BCUT2D eigenvalue weighted by Gasteiger charge is 2.29. The molecule has 1 saturated carbocycles. The first kappa shape index (κ1) is 14.2. The number of hydrogen-bond acceptors (Lipinski definition) is 3. The second-order valence-electron chi connectivity index (χ2n) is 4.69. The van der Waals surface area contributed by atoms with Crippen molar-refractivity contribution in [1.82, 2.24) is 10.2 Å². The second kappa shape index (κ2) is 5.68. The topological polar surface area (TPSA) is 58.4 Å².